The molecule has 0 spiro atoms. The maximum atomic E-state index is 12.9. The highest BCUT2D eigenvalue weighted by Gasteiger charge is 2.36. The zero-order valence-electron chi connectivity index (χ0n) is 13.5. The van der Waals surface area contributed by atoms with Gasteiger partial charge in [0.05, 0.1) is 20.9 Å². The number of hydrogen-bond donors (Lipinski definition) is 0. The molecule has 2 amide bonds. The highest BCUT2D eigenvalue weighted by atomic mass is 16.6. The maximum absolute atomic E-state index is 12.9. The van der Waals surface area contributed by atoms with Gasteiger partial charge in [-0.05, 0) is 24.3 Å². The molecule has 0 saturated heterocycles. The van der Waals surface area contributed by atoms with E-state index < -0.39 is 21.7 Å². The smallest absolute Gasteiger partial charge is 0.268 e. The van der Waals surface area contributed by atoms with Crippen LogP contribution in [0.25, 0.3) is 10.8 Å². The lowest BCUT2D eigenvalue weighted by Gasteiger charge is -2.27. The summed E-state index contributed by atoms with van der Waals surface area (Å²) in [5.41, 5.74) is -0.171. The van der Waals surface area contributed by atoms with Gasteiger partial charge >= 0.3 is 0 Å². The van der Waals surface area contributed by atoms with Crippen LogP contribution < -0.4 is 4.90 Å². The van der Waals surface area contributed by atoms with Crippen molar-refractivity contribution in [2.75, 3.05) is 4.90 Å². The van der Waals surface area contributed by atoms with Gasteiger partial charge in [-0.3, -0.25) is 29.8 Å². The highest BCUT2D eigenvalue weighted by Crippen LogP contribution is 2.37. The molecule has 1 heterocycles. The molecule has 3 aromatic carbocycles. The molecule has 0 aliphatic carbocycles. The Hall–Kier alpha value is -4.14. The molecule has 0 bridgehead atoms. The van der Waals surface area contributed by atoms with Crippen molar-refractivity contribution in [2.45, 2.75) is 0 Å². The number of amides is 2. The minimum absolute atomic E-state index is 0.0557. The molecular formula is C18H9N3O6. The lowest BCUT2D eigenvalue weighted by molar-refractivity contribution is -0.384. The largest absolute Gasteiger partial charge is 0.277 e. The predicted octanol–water partition coefficient (Wildman–Crippen LogP) is 3.46. The summed E-state index contributed by atoms with van der Waals surface area (Å²) in [6.07, 6.45) is 0. The van der Waals surface area contributed by atoms with E-state index in [1.807, 2.05) is 0 Å². The van der Waals surface area contributed by atoms with Crippen LogP contribution in [0.15, 0.2) is 54.6 Å². The molecule has 0 unspecified atom stereocenters. The first-order chi connectivity index (χ1) is 12.9. The zero-order valence-corrected chi connectivity index (χ0v) is 13.5. The second-order valence-electron chi connectivity index (χ2n) is 5.84. The third-order valence-electron chi connectivity index (χ3n) is 4.38. The van der Waals surface area contributed by atoms with Gasteiger partial charge in [-0.1, -0.05) is 12.1 Å². The average Bonchev–Trinajstić information content (AvgIpc) is 2.65. The van der Waals surface area contributed by atoms with Gasteiger partial charge in [-0.15, -0.1) is 0 Å². The van der Waals surface area contributed by atoms with Gasteiger partial charge in [0.2, 0.25) is 0 Å². The van der Waals surface area contributed by atoms with Crippen molar-refractivity contribution in [3.05, 3.63) is 86.0 Å². The number of imide groups is 1. The van der Waals surface area contributed by atoms with Gasteiger partial charge in [-0.25, -0.2) is 4.90 Å². The van der Waals surface area contributed by atoms with Crippen molar-refractivity contribution < 1.29 is 19.4 Å². The second-order valence-corrected chi connectivity index (χ2v) is 5.84. The average molecular weight is 363 g/mol. The molecule has 1 aliphatic rings. The molecule has 0 atom stereocenters. The van der Waals surface area contributed by atoms with Gasteiger partial charge in [-0.2, -0.15) is 0 Å². The lowest BCUT2D eigenvalue weighted by atomic mass is 9.92. The summed E-state index contributed by atoms with van der Waals surface area (Å²) in [6, 6.07) is 12.1. The van der Waals surface area contributed by atoms with Crippen LogP contribution in [0.1, 0.15) is 20.7 Å². The van der Waals surface area contributed by atoms with E-state index in [2.05, 4.69) is 0 Å². The van der Waals surface area contributed by atoms with Crippen LogP contribution in [-0.2, 0) is 0 Å². The molecule has 132 valence electrons. The van der Waals surface area contributed by atoms with Crippen molar-refractivity contribution >= 4 is 39.6 Å². The number of nitro benzene ring substituents is 2. The topological polar surface area (TPSA) is 124 Å². The number of carbonyl (C=O) groups excluding carboxylic acids is 2. The number of benzene rings is 3. The Bertz CT molecular complexity index is 1160. The fraction of sp³-hybridized carbons (Fsp3) is 0. The first kappa shape index (κ1) is 16.3. The molecule has 4 rings (SSSR count). The molecule has 0 aromatic heterocycles. The van der Waals surface area contributed by atoms with E-state index in [0.717, 1.165) is 11.0 Å². The second kappa shape index (κ2) is 5.70. The van der Waals surface area contributed by atoms with Gasteiger partial charge in [0.1, 0.15) is 0 Å². The summed E-state index contributed by atoms with van der Waals surface area (Å²) in [5.74, 6) is -1.39. The first-order valence-corrected chi connectivity index (χ1v) is 7.73. The Balaban J connectivity index is 1.96. The Labute approximate surface area is 150 Å². The normalized spacial score (nSPS) is 13.1. The SMILES string of the molecule is O=C1c2cccc3c([N+](=O)[O-])ccc(c23)C(=O)N1c1cccc([N+](=O)[O-])c1. The third kappa shape index (κ3) is 2.33. The number of non-ortho nitro benzene ring substituents is 2. The predicted molar refractivity (Wildman–Crippen MR) is 94.8 cm³/mol. The van der Waals surface area contributed by atoms with Gasteiger partial charge in [0, 0.05) is 34.7 Å². The van der Waals surface area contributed by atoms with Crippen molar-refractivity contribution in [3.8, 4) is 0 Å². The molecular weight excluding hydrogens is 354 g/mol. The molecule has 0 saturated carbocycles. The van der Waals surface area contributed by atoms with Crippen LogP contribution in [-0.4, -0.2) is 21.7 Å². The van der Waals surface area contributed by atoms with Gasteiger partial charge in [0.25, 0.3) is 23.2 Å². The third-order valence-corrected chi connectivity index (χ3v) is 4.38. The zero-order chi connectivity index (χ0) is 19.3. The monoisotopic (exact) mass is 363 g/mol. The number of anilines is 1. The summed E-state index contributed by atoms with van der Waals surface area (Å²) in [7, 11) is 0. The summed E-state index contributed by atoms with van der Waals surface area (Å²) in [5, 5.41) is 22.7. The molecule has 0 N–H and O–H groups in total. The highest BCUT2D eigenvalue weighted by molar-refractivity contribution is 6.36. The van der Waals surface area contributed by atoms with Crippen LogP contribution in [0.3, 0.4) is 0 Å². The molecule has 1 aliphatic heterocycles. The fourth-order valence-corrected chi connectivity index (χ4v) is 3.22. The van der Waals surface area contributed by atoms with Crippen molar-refractivity contribution in [1.82, 2.24) is 0 Å². The molecule has 27 heavy (non-hydrogen) atoms. The molecule has 9 heteroatoms. The number of carbonyl (C=O) groups is 2. The summed E-state index contributed by atoms with van der Waals surface area (Å²) >= 11 is 0. The summed E-state index contributed by atoms with van der Waals surface area (Å²) in [6.45, 7) is 0. The Morgan fingerprint density at radius 3 is 2.11 bits per heavy atom. The quantitative estimate of drug-likeness (QED) is 0.399. The first-order valence-electron chi connectivity index (χ1n) is 7.73. The van der Waals surface area contributed by atoms with E-state index in [0.29, 0.717) is 0 Å². The van der Waals surface area contributed by atoms with Gasteiger partial charge < -0.3 is 0 Å². The number of rotatable bonds is 3. The van der Waals surface area contributed by atoms with Crippen LogP contribution in [0.4, 0.5) is 17.1 Å². The summed E-state index contributed by atoms with van der Waals surface area (Å²) in [4.78, 5) is 47.8. The standard InChI is InChI=1S/C18H9N3O6/c22-17-13-6-2-5-12-15(21(26)27)8-7-14(16(12)13)18(23)19(17)10-3-1-4-11(9-10)20(24)25/h1-9H. The van der Waals surface area contributed by atoms with Gasteiger partial charge in [0.15, 0.2) is 0 Å². The van der Waals surface area contributed by atoms with Crippen molar-refractivity contribution in [1.29, 1.82) is 0 Å². The van der Waals surface area contributed by atoms with E-state index in [1.54, 1.807) is 0 Å². The lowest BCUT2D eigenvalue weighted by Crippen LogP contribution is -2.40. The maximum Gasteiger partial charge on any atom is 0.277 e. The molecule has 0 fully saturated rings. The van der Waals surface area contributed by atoms with Crippen molar-refractivity contribution in [2.24, 2.45) is 0 Å². The van der Waals surface area contributed by atoms with Crippen LogP contribution in [0.2, 0.25) is 0 Å². The number of hydrogen-bond acceptors (Lipinski definition) is 6. The molecule has 9 nitrogen and oxygen atoms in total. The van der Waals surface area contributed by atoms with Crippen LogP contribution in [0, 0.1) is 20.2 Å². The van der Waals surface area contributed by atoms with Crippen molar-refractivity contribution in [3.63, 3.8) is 0 Å². The van der Waals surface area contributed by atoms with E-state index in [-0.39, 0.29) is 39.0 Å². The van der Waals surface area contributed by atoms with E-state index in [1.165, 1.54) is 48.5 Å². The Morgan fingerprint density at radius 1 is 0.778 bits per heavy atom. The van der Waals surface area contributed by atoms with Crippen LogP contribution >= 0.6 is 0 Å². The van der Waals surface area contributed by atoms with E-state index in [4.69, 9.17) is 0 Å². The molecule has 0 radical (unpaired) electrons. The minimum atomic E-state index is -0.695. The number of nitro groups is 2. The Morgan fingerprint density at radius 2 is 1.44 bits per heavy atom. The Kier molecular flexibility index (Phi) is 3.45. The molecule has 3 aromatic rings. The van der Waals surface area contributed by atoms with E-state index in [9.17, 15) is 29.8 Å². The fourth-order valence-electron chi connectivity index (χ4n) is 3.22. The van der Waals surface area contributed by atoms with Crippen LogP contribution in [0.5, 0.6) is 0 Å². The minimum Gasteiger partial charge on any atom is -0.268 e. The number of nitrogens with zero attached hydrogens (tertiary/aromatic N) is 3. The van der Waals surface area contributed by atoms with E-state index >= 15 is 0 Å². The summed E-state index contributed by atoms with van der Waals surface area (Å²) < 4.78 is 0.